The van der Waals surface area contributed by atoms with Crippen LogP contribution >= 0.6 is 0 Å². The average Bonchev–Trinajstić information content (AvgIpc) is 3.23. The van der Waals surface area contributed by atoms with Gasteiger partial charge in [-0.2, -0.15) is 0 Å². The van der Waals surface area contributed by atoms with Crippen LogP contribution in [0, 0.1) is 11.8 Å². The smallest absolute Gasteiger partial charge is 0.0337 e. The fraction of sp³-hybridized carbons (Fsp3) is 1.00. The van der Waals surface area contributed by atoms with Crippen molar-refractivity contribution < 1.29 is 0 Å². The molecular formula is C17H35N3. The van der Waals surface area contributed by atoms with Gasteiger partial charge < -0.3 is 10.6 Å². The molecular weight excluding hydrogens is 246 g/mol. The Labute approximate surface area is 125 Å². The van der Waals surface area contributed by atoms with Gasteiger partial charge in [0.1, 0.15) is 0 Å². The fourth-order valence-electron chi connectivity index (χ4n) is 4.66. The minimum absolute atomic E-state index is 0.273. The van der Waals surface area contributed by atoms with Crippen molar-refractivity contribution in [1.82, 2.24) is 9.80 Å². The second-order valence-corrected chi connectivity index (χ2v) is 7.52. The van der Waals surface area contributed by atoms with Crippen molar-refractivity contribution >= 4 is 0 Å². The number of rotatable bonds is 7. The molecule has 0 aromatic rings. The highest BCUT2D eigenvalue weighted by molar-refractivity contribution is 5.01. The highest BCUT2D eigenvalue weighted by Gasteiger charge is 2.45. The number of hydrogen-bond acceptors (Lipinski definition) is 3. The van der Waals surface area contributed by atoms with E-state index in [1.807, 2.05) is 0 Å². The number of nitrogens with two attached hydrogens (primary N) is 1. The van der Waals surface area contributed by atoms with Crippen LogP contribution in [0.15, 0.2) is 0 Å². The van der Waals surface area contributed by atoms with Crippen molar-refractivity contribution in [2.24, 2.45) is 17.6 Å². The fourth-order valence-corrected chi connectivity index (χ4v) is 4.66. The summed E-state index contributed by atoms with van der Waals surface area (Å²) in [5, 5.41) is 0. The first-order chi connectivity index (χ1) is 9.52. The van der Waals surface area contributed by atoms with Crippen LogP contribution in [0.5, 0.6) is 0 Å². The first-order valence-electron chi connectivity index (χ1n) is 8.64. The lowest BCUT2D eigenvalue weighted by atomic mass is 9.72. The monoisotopic (exact) mass is 281 g/mol. The van der Waals surface area contributed by atoms with Gasteiger partial charge in [-0.15, -0.1) is 0 Å². The summed E-state index contributed by atoms with van der Waals surface area (Å²) in [6.07, 6.45) is 8.43. The molecule has 3 heteroatoms. The van der Waals surface area contributed by atoms with Crippen LogP contribution in [-0.2, 0) is 0 Å². The quantitative estimate of drug-likeness (QED) is 0.778. The predicted octanol–water partition coefficient (Wildman–Crippen LogP) is 2.56. The summed E-state index contributed by atoms with van der Waals surface area (Å²) in [6, 6.07) is 0.594. The third kappa shape index (κ3) is 3.55. The van der Waals surface area contributed by atoms with Gasteiger partial charge in [0.05, 0.1) is 0 Å². The number of nitrogens with zero attached hydrogens (tertiary/aromatic N) is 2. The molecule has 0 aromatic heterocycles. The molecule has 3 unspecified atom stereocenters. The Morgan fingerprint density at radius 1 is 1.20 bits per heavy atom. The zero-order chi connectivity index (χ0) is 14.8. The maximum Gasteiger partial charge on any atom is 0.0337 e. The Morgan fingerprint density at radius 2 is 1.90 bits per heavy atom. The molecule has 2 aliphatic rings. The summed E-state index contributed by atoms with van der Waals surface area (Å²) in [6.45, 7) is 7.78. The molecule has 3 nitrogen and oxygen atoms in total. The van der Waals surface area contributed by atoms with Gasteiger partial charge in [0.25, 0.3) is 0 Å². The summed E-state index contributed by atoms with van der Waals surface area (Å²) in [5.74, 6) is 1.98. The van der Waals surface area contributed by atoms with Crippen molar-refractivity contribution in [1.29, 1.82) is 0 Å². The van der Waals surface area contributed by atoms with Gasteiger partial charge in [0.2, 0.25) is 0 Å². The van der Waals surface area contributed by atoms with Crippen LogP contribution in [-0.4, -0.2) is 55.1 Å². The molecule has 3 atom stereocenters. The molecule has 0 saturated heterocycles. The molecule has 0 bridgehead atoms. The molecule has 0 spiro atoms. The molecule has 2 aliphatic carbocycles. The minimum atomic E-state index is 0.273. The lowest BCUT2D eigenvalue weighted by Crippen LogP contribution is -2.60. The Morgan fingerprint density at radius 3 is 2.40 bits per heavy atom. The van der Waals surface area contributed by atoms with Crippen molar-refractivity contribution in [3.8, 4) is 0 Å². The third-order valence-electron chi connectivity index (χ3n) is 5.64. The van der Waals surface area contributed by atoms with E-state index in [0.29, 0.717) is 6.04 Å². The van der Waals surface area contributed by atoms with Gasteiger partial charge in [-0.3, -0.25) is 4.90 Å². The van der Waals surface area contributed by atoms with Crippen LogP contribution in [0.2, 0.25) is 0 Å². The maximum atomic E-state index is 6.31. The van der Waals surface area contributed by atoms with E-state index >= 15 is 0 Å². The highest BCUT2D eigenvalue weighted by Crippen LogP contribution is 2.48. The van der Waals surface area contributed by atoms with Crippen molar-refractivity contribution in [2.45, 2.75) is 64.0 Å². The zero-order valence-corrected chi connectivity index (χ0v) is 14.1. The lowest BCUT2D eigenvalue weighted by molar-refractivity contribution is 0.000469. The molecule has 2 saturated carbocycles. The second-order valence-electron chi connectivity index (χ2n) is 7.52. The minimum Gasteiger partial charge on any atom is -0.329 e. The largest absolute Gasteiger partial charge is 0.329 e. The Hall–Kier alpha value is -0.120. The van der Waals surface area contributed by atoms with E-state index in [1.165, 1.54) is 38.5 Å². The second kappa shape index (κ2) is 6.76. The standard InChI is InChI=1S/C17H35N3/c1-5-20(14(2)12-19(3)4)17(13-18)10-6-7-16(11-17)15-8-9-15/h14-16H,5-13,18H2,1-4H3. The third-order valence-corrected chi connectivity index (χ3v) is 5.64. The van der Waals surface area contributed by atoms with E-state index in [2.05, 4.69) is 37.7 Å². The predicted molar refractivity (Wildman–Crippen MR) is 86.9 cm³/mol. The first kappa shape index (κ1) is 16.3. The van der Waals surface area contributed by atoms with Gasteiger partial charge in [-0.05, 0) is 65.1 Å². The number of hydrogen-bond donors (Lipinski definition) is 1. The lowest BCUT2D eigenvalue weighted by Gasteiger charge is -2.51. The summed E-state index contributed by atoms with van der Waals surface area (Å²) in [7, 11) is 4.35. The highest BCUT2D eigenvalue weighted by atomic mass is 15.3. The Bertz CT molecular complexity index is 301. The van der Waals surface area contributed by atoms with Crippen molar-refractivity contribution in [3.05, 3.63) is 0 Å². The van der Waals surface area contributed by atoms with Crippen LogP contribution in [0.1, 0.15) is 52.4 Å². The van der Waals surface area contributed by atoms with Crippen LogP contribution < -0.4 is 5.73 Å². The average molecular weight is 281 g/mol. The van der Waals surface area contributed by atoms with E-state index in [1.54, 1.807) is 0 Å². The molecule has 0 amide bonds. The summed E-state index contributed by atoms with van der Waals surface area (Å²) < 4.78 is 0. The molecule has 0 aromatic carbocycles. The molecule has 2 rings (SSSR count). The molecule has 118 valence electrons. The zero-order valence-electron chi connectivity index (χ0n) is 14.1. The molecule has 2 fully saturated rings. The summed E-state index contributed by atoms with van der Waals surface area (Å²) in [5.41, 5.74) is 6.58. The van der Waals surface area contributed by atoms with Gasteiger partial charge in [0, 0.05) is 24.7 Å². The molecule has 20 heavy (non-hydrogen) atoms. The molecule has 0 heterocycles. The van der Waals surface area contributed by atoms with Gasteiger partial charge in [-0.1, -0.05) is 19.8 Å². The summed E-state index contributed by atoms with van der Waals surface area (Å²) >= 11 is 0. The van der Waals surface area contributed by atoms with Crippen molar-refractivity contribution in [2.75, 3.05) is 33.7 Å². The summed E-state index contributed by atoms with van der Waals surface area (Å²) in [4.78, 5) is 5.03. The maximum absolute atomic E-state index is 6.31. The normalized spacial score (nSPS) is 32.9. The van der Waals surface area contributed by atoms with E-state index < -0.39 is 0 Å². The Kier molecular flexibility index (Phi) is 5.49. The van der Waals surface area contributed by atoms with Crippen LogP contribution in [0.3, 0.4) is 0 Å². The van der Waals surface area contributed by atoms with E-state index in [9.17, 15) is 0 Å². The van der Waals surface area contributed by atoms with Crippen LogP contribution in [0.25, 0.3) is 0 Å². The molecule has 0 radical (unpaired) electrons. The number of likely N-dealkylation sites (N-methyl/N-ethyl adjacent to an activating group) is 2. The first-order valence-corrected chi connectivity index (χ1v) is 8.64. The Balaban J connectivity index is 2.09. The van der Waals surface area contributed by atoms with Gasteiger partial charge in [-0.25, -0.2) is 0 Å². The molecule has 0 aliphatic heterocycles. The van der Waals surface area contributed by atoms with Gasteiger partial charge >= 0.3 is 0 Å². The van der Waals surface area contributed by atoms with Gasteiger partial charge in [0.15, 0.2) is 0 Å². The van der Waals surface area contributed by atoms with E-state index in [4.69, 9.17) is 5.73 Å². The van der Waals surface area contributed by atoms with Crippen molar-refractivity contribution in [3.63, 3.8) is 0 Å². The SMILES string of the molecule is CCN(C(C)CN(C)C)C1(CN)CCCC(C2CC2)C1. The topological polar surface area (TPSA) is 32.5 Å². The van der Waals surface area contributed by atoms with E-state index in [-0.39, 0.29) is 5.54 Å². The molecule has 2 N–H and O–H groups in total. The van der Waals surface area contributed by atoms with Crippen LogP contribution in [0.4, 0.5) is 0 Å². The van der Waals surface area contributed by atoms with E-state index in [0.717, 1.165) is 31.5 Å².